The molecule has 23 heavy (non-hydrogen) atoms. The summed E-state index contributed by atoms with van der Waals surface area (Å²) >= 11 is 1.54. The number of hydrogen-bond donors (Lipinski definition) is 0. The van der Waals surface area contributed by atoms with Gasteiger partial charge in [0, 0.05) is 6.21 Å². The van der Waals surface area contributed by atoms with Gasteiger partial charge in [-0.2, -0.15) is 0 Å². The first-order valence-corrected chi connectivity index (χ1v) is 9.10. The average molecular weight is 326 g/mol. The Labute approximate surface area is 138 Å². The summed E-state index contributed by atoms with van der Waals surface area (Å²) in [6, 6.07) is 0. The van der Waals surface area contributed by atoms with E-state index in [4.69, 9.17) is 4.98 Å². The third-order valence-electron chi connectivity index (χ3n) is 4.65. The van der Waals surface area contributed by atoms with Gasteiger partial charge in [0.05, 0.1) is 5.52 Å². The molecule has 2 aromatic heterocycles. The van der Waals surface area contributed by atoms with Crippen molar-refractivity contribution in [2.24, 2.45) is 10.2 Å². The summed E-state index contributed by atoms with van der Waals surface area (Å²) in [5.74, 6) is 1.32. The number of aliphatic imine (C=N–C) groups is 1. The van der Waals surface area contributed by atoms with Crippen molar-refractivity contribution < 1.29 is 0 Å². The summed E-state index contributed by atoms with van der Waals surface area (Å²) in [7, 11) is 0. The lowest BCUT2D eigenvalue weighted by atomic mass is 9.85. The zero-order valence-corrected chi connectivity index (χ0v) is 13.7. The van der Waals surface area contributed by atoms with Crippen LogP contribution in [-0.4, -0.2) is 16.2 Å². The fourth-order valence-corrected chi connectivity index (χ4v) is 4.47. The molecule has 0 atom stereocenters. The van der Waals surface area contributed by atoms with Gasteiger partial charge in [0.25, 0.3) is 0 Å². The first-order valence-electron chi connectivity index (χ1n) is 8.22. The minimum absolute atomic E-state index is 0.249. The van der Waals surface area contributed by atoms with Gasteiger partial charge in [-0.15, -0.1) is 16.2 Å². The van der Waals surface area contributed by atoms with Crippen molar-refractivity contribution in [1.82, 2.24) is 9.97 Å². The summed E-state index contributed by atoms with van der Waals surface area (Å²) in [4.78, 5) is 24.7. The van der Waals surface area contributed by atoms with Crippen molar-refractivity contribution in [1.29, 1.82) is 0 Å². The molecule has 1 fully saturated rings. The highest BCUT2D eigenvalue weighted by Gasteiger charge is 2.23. The van der Waals surface area contributed by atoms with Crippen LogP contribution in [0.2, 0.25) is 0 Å². The highest BCUT2D eigenvalue weighted by Crippen LogP contribution is 2.41. The van der Waals surface area contributed by atoms with Crippen LogP contribution in [0.25, 0.3) is 15.9 Å². The summed E-state index contributed by atoms with van der Waals surface area (Å²) < 4.78 is 0.810. The largest absolute Gasteiger partial charge is 0.258 e. The SMILES string of the molecule is O=Nc1nc(C2=CCCC=N2)nc2c(C3CCCCC3)csc12. The maximum Gasteiger partial charge on any atom is 0.218 e. The predicted octanol–water partition coefficient (Wildman–Crippen LogP) is 5.34. The Morgan fingerprint density at radius 1 is 1.13 bits per heavy atom. The molecule has 0 unspecified atom stereocenters. The van der Waals surface area contributed by atoms with Crippen LogP contribution in [0.1, 0.15) is 62.3 Å². The van der Waals surface area contributed by atoms with E-state index in [1.807, 2.05) is 12.3 Å². The first kappa shape index (κ1) is 14.6. The van der Waals surface area contributed by atoms with Crippen LogP contribution < -0.4 is 0 Å². The highest BCUT2D eigenvalue weighted by atomic mass is 32.1. The van der Waals surface area contributed by atoms with Gasteiger partial charge >= 0.3 is 0 Å². The topological polar surface area (TPSA) is 67.6 Å². The molecule has 2 aromatic rings. The van der Waals surface area contributed by atoms with E-state index >= 15 is 0 Å². The van der Waals surface area contributed by atoms with E-state index in [1.165, 1.54) is 49.0 Å². The second-order valence-corrected chi connectivity index (χ2v) is 7.02. The van der Waals surface area contributed by atoms with Crippen LogP contribution in [0, 0.1) is 4.91 Å². The van der Waals surface area contributed by atoms with E-state index in [2.05, 4.69) is 20.5 Å². The third kappa shape index (κ3) is 2.72. The van der Waals surface area contributed by atoms with E-state index in [-0.39, 0.29) is 5.82 Å². The molecule has 1 aliphatic carbocycles. The normalized spacial score (nSPS) is 19.0. The third-order valence-corrected chi connectivity index (χ3v) is 5.63. The number of aromatic nitrogens is 2. The maximum absolute atomic E-state index is 11.2. The molecule has 0 spiro atoms. The van der Waals surface area contributed by atoms with Crippen LogP contribution in [0.4, 0.5) is 5.82 Å². The van der Waals surface area contributed by atoms with E-state index in [1.54, 1.807) is 0 Å². The minimum atomic E-state index is 0.249. The molecule has 118 valence electrons. The number of nitrogens with zero attached hydrogens (tertiary/aromatic N) is 4. The van der Waals surface area contributed by atoms with E-state index in [0.717, 1.165) is 28.8 Å². The van der Waals surface area contributed by atoms with Gasteiger partial charge in [0.1, 0.15) is 10.4 Å². The molecule has 0 radical (unpaired) electrons. The smallest absolute Gasteiger partial charge is 0.218 e. The van der Waals surface area contributed by atoms with Gasteiger partial charge in [-0.3, -0.25) is 4.99 Å². The van der Waals surface area contributed by atoms with Crippen LogP contribution in [0.5, 0.6) is 0 Å². The quantitative estimate of drug-likeness (QED) is 0.715. The molecule has 1 saturated carbocycles. The van der Waals surface area contributed by atoms with Crippen molar-refractivity contribution in [2.45, 2.75) is 50.9 Å². The molecule has 0 saturated heterocycles. The monoisotopic (exact) mass is 326 g/mol. The Balaban J connectivity index is 1.84. The maximum atomic E-state index is 11.2. The van der Waals surface area contributed by atoms with Gasteiger partial charge in [-0.1, -0.05) is 25.3 Å². The Kier molecular flexibility index (Phi) is 3.99. The van der Waals surface area contributed by atoms with Crippen LogP contribution in [0.3, 0.4) is 0 Å². The van der Waals surface area contributed by atoms with Crippen molar-refractivity contribution in [3.05, 3.63) is 27.8 Å². The summed E-state index contributed by atoms with van der Waals surface area (Å²) in [5.41, 5.74) is 2.92. The summed E-state index contributed by atoms with van der Waals surface area (Å²) in [5, 5.41) is 5.29. The zero-order chi connectivity index (χ0) is 15.6. The summed E-state index contributed by atoms with van der Waals surface area (Å²) in [6.45, 7) is 0. The lowest BCUT2D eigenvalue weighted by Gasteiger charge is -2.21. The number of thiophene rings is 1. The molecule has 1 aliphatic heterocycles. The number of nitroso groups, excluding NO2 is 1. The molecule has 2 aliphatic rings. The predicted molar refractivity (Wildman–Crippen MR) is 94.4 cm³/mol. The Morgan fingerprint density at radius 2 is 2.00 bits per heavy atom. The van der Waals surface area contributed by atoms with Crippen LogP contribution in [0.15, 0.2) is 21.6 Å². The lowest BCUT2D eigenvalue weighted by Crippen LogP contribution is -2.05. The number of allylic oxidation sites excluding steroid dienone is 1. The molecule has 0 N–H and O–H groups in total. The Hall–Kier alpha value is -1.95. The molecular weight excluding hydrogens is 308 g/mol. The molecule has 4 rings (SSSR count). The molecule has 5 nitrogen and oxygen atoms in total. The standard InChI is InChI=1S/C17H18N4OS/c22-21-17-15-14(12(10-23-15)11-6-2-1-3-7-11)19-16(20-17)13-8-4-5-9-18-13/h8-11H,1-7H2. The van der Waals surface area contributed by atoms with Crippen molar-refractivity contribution in [2.75, 3.05) is 0 Å². The van der Waals surface area contributed by atoms with Gasteiger partial charge in [-0.05, 0) is 47.7 Å². The number of rotatable bonds is 3. The van der Waals surface area contributed by atoms with Crippen LogP contribution >= 0.6 is 11.3 Å². The Bertz CT molecular complexity index is 802. The number of fused-ring (bicyclic) bond motifs is 1. The van der Waals surface area contributed by atoms with Gasteiger partial charge in [0.2, 0.25) is 5.82 Å². The molecule has 0 aromatic carbocycles. The number of hydrogen-bond acceptors (Lipinski definition) is 6. The van der Waals surface area contributed by atoms with Gasteiger partial charge < -0.3 is 0 Å². The lowest BCUT2D eigenvalue weighted by molar-refractivity contribution is 0.446. The Morgan fingerprint density at radius 3 is 2.74 bits per heavy atom. The van der Waals surface area contributed by atoms with E-state index in [9.17, 15) is 4.91 Å². The average Bonchev–Trinajstić information content (AvgIpc) is 3.06. The van der Waals surface area contributed by atoms with Crippen molar-refractivity contribution in [3.63, 3.8) is 0 Å². The second-order valence-electron chi connectivity index (χ2n) is 6.14. The van der Waals surface area contributed by atoms with Crippen molar-refractivity contribution >= 4 is 39.3 Å². The highest BCUT2D eigenvalue weighted by molar-refractivity contribution is 7.17. The zero-order valence-electron chi connectivity index (χ0n) is 12.9. The van der Waals surface area contributed by atoms with Crippen molar-refractivity contribution in [3.8, 4) is 0 Å². The summed E-state index contributed by atoms with van der Waals surface area (Å²) in [6.07, 6.45) is 12.1. The molecule has 0 amide bonds. The molecule has 0 bridgehead atoms. The molecular formula is C17H18N4OS. The van der Waals surface area contributed by atoms with Gasteiger partial charge in [0.15, 0.2) is 5.82 Å². The molecule has 6 heteroatoms. The van der Waals surface area contributed by atoms with Gasteiger partial charge in [-0.25, -0.2) is 9.97 Å². The first-order chi connectivity index (χ1) is 11.4. The van der Waals surface area contributed by atoms with E-state index < -0.39 is 0 Å². The fourth-order valence-electron chi connectivity index (χ4n) is 3.46. The fraction of sp³-hybridized carbons (Fsp3) is 0.471. The molecule has 3 heterocycles. The second kappa shape index (κ2) is 6.28. The minimum Gasteiger partial charge on any atom is -0.258 e. The van der Waals surface area contributed by atoms with E-state index in [0.29, 0.717) is 11.7 Å². The van der Waals surface area contributed by atoms with Crippen LogP contribution in [-0.2, 0) is 0 Å².